The summed E-state index contributed by atoms with van der Waals surface area (Å²) in [6.45, 7) is 1.48. The average molecular weight is 463 g/mol. The third-order valence-corrected chi connectivity index (χ3v) is 6.48. The molecule has 1 saturated heterocycles. The first-order valence-electron chi connectivity index (χ1n) is 11.9. The van der Waals surface area contributed by atoms with Gasteiger partial charge in [0.15, 0.2) is 11.5 Å². The molecule has 178 valence electrons. The van der Waals surface area contributed by atoms with Gasteiger partial charge in [-0.25, -0.2) is 9.78 Å². The summed E-state index contributed by atoms with van der Waals surface area (Å²) in [5, 5.41) is 1.06. The van der Waals surface area contributed by atoms with Gasteiger partial charge in [-0.1, -0.05) is 30.3 Å². The molecule has 0 radical (unpaired) electrons. The maximum absolute atomic E-state index is 12.8. The number of fused-ring (bicyclic) bond motifs is 1. The number of nitrogens with zero attached hydrogens (tertiary/aromatic N) is 2. The van der Waals surface area contributed by atoms with E-state index in [0.717, 1.165) is 40.8 Å². The van der Waals surface area contributed by atoms with Crippen molar-refractivity contribution in [3.05, 3.63) is 65.9 Å². The van der Waals surface area contributed by atoms with Crippen molar-refractivity contribution in [2.24, 2.45) is 0 Å². The van der Waals surface area contributed by atoms with Gasteiger partial charge in [-0.05, 0) is 55.5 Å². The van der Waals surface area contributed by atoms with E-state index in [9.17, 15) is 4.79 Å². The number of morpholine rings is 1. The third kappa shape index (κ3) is 5.09. The van der Waals surface area contributed by atoms with Crippen LogP contribution in [0.5, 0.6) is 11.5 Å². The molecule has 2 fully saturated rings. The molecule has 7 nitrogen and oxygen atoms in total. The van der Waals surface area contributed by atoms with Gasteiger partial charge < -0.3 is 23.8 Å². The predicted molar refractivity (Wildman–Crippen MR) is 128 cm³/mol. The lowest BCUT2D eigenvalue weighted by Crippen LogP contribution is -2.42. The Labute approximate surface area is 199 Å². The Morgan fingerprint density at radius 2 is 1.94 bits per heavy atom. The molecule has 1 aromatic heterocycles. The van der Waals surface area contributed by atoms with Gasteiger partial charge in [0.2, 0.25) is 0 Å². The number of hydrogen-bond donors (Lipinski definition) is 0. The quantitative estimate of drug-likeness (QED) is 0.497. The number of benzene rings is 2. The van der Waals surface area contributed by atoms with Gasteiger partial charge in [0.25, 0.3) is 0 Å². The van der Waals surface area contributed by atoms with E-state index in [0.29, 0.717) is 25.4 Å². The molecule has 3 aromatic rings. The van der Waals surface area contributed by atoms with Crippen LogP contribution in [0.4, 0.5) is 4.79 Å². The number of aromatic nitrogens is 1. The SMILES string of the molecule is COc1ccc(C2CN(C(=O)OCc3ccc4ccccc4n3)CCO2)cc1OC1CCCC1. The van der Waals surface area contributed by atoms with Gasteiger partial charge in [-0.3, -0.25) is 0 Å². The van der Waals surface area contributed by atoms with Crippen LogP contribution in [0.15, 0.2) is 54.6 Å². The second-order valence-electron chi connectivity index (χ2n) is 8.79. The third-order valence-electron chi connectivity index (χ3n) is 6.48. The Morgan fingerprint density at radius 1 is 1.09 bits per heavy atom. The summed E-state index contributed by atoms with van der Waals surface area (Å²) in [6.07, 6.45) is 4.15. The zero-order valence-corrected chi connectivity index (χ0v) is 19.4. The maximum Gasteiger partial charge on any atom is 0.410 e. The van der Waals surface area contributed by atoms with Crippen LogP contribution in [-0.4, -0.2) is 48.9 Å². The topological polar surface area (TPSA) is 70.1 Å². The van der Waals surface area contributed by atoms with Crippen molar-refractivity contribution < 1.29 is 23.7 Å². The van der Waals surface area contributed by atoms with E-state index in [1.54, 1.807) is 12.0 Å². The minimum Gasteiger partial charge on any atom is -0.493 e. The molecular weight excluding hydrogens is 432 g/mol. The summed E-state index contributed by atoms with van der Waals surface area (Å²) in [7, 11) is 1.65. The van der Waals surface area contributed by atoms with Crippen molar-refractivity contribution in [1.82, 2.24) is 9.88 Å². The molecule has 0 bridgehead atoms. The summed E-state index contributed by atoms with van der Waals surface area (Å²) in [6, 6.07) is 17.6. The highest BCUT2D eigenvalue weighted by atomic mass is 16.6. The fourth-order valence-corrected chi connectivity index (χ4v) is 4.60. The maximum atomic E-state index is 12.8. The number of rotatable bonds is 6. The molecule has 1 unspecified atom stereocenters. The van der Waals surface area contributed by atoms with Gasteiger partial charge in [-0.15, -0.1) is 0 Å². The molecule has 2 aliphatic rings. The first kappa shape index (κ1) is 22.5. The fourth-order valence-electron chi connectivity index (χ4n) is 4.60. The number of carbonyl (C=O) groups is 1. The Hall–Kier alpha value is -3.32. The number of amides is 1. The Morgan fingerprint density at radius 3 is 2.79 bits per heavy atom. The van der Waals surface area contributed by atoms with Crippen LogP contribution < -0.4 is 9.47 Å². The predicted octanol–water partition coefficient (Wildman–Crippen LogP) is 5.27. The van der Waals surface area contributed by atoms with Crippen molar-refractivity contribution in [3.8, 4) is 11.5 Å². The zero-order valence-electron chi connectivity index (χ0n) is 19.4. The smallest absolute Gasteiger partial charge is 0.410 e. The molecule has 2 heterocycles. The highest BCUT2D eigenvalue weighted by Gasteiger charge is 2.28. The lowest BCUT2D eigenvalue weighted by molar-refractivity contribution is -0.0298. The van der Waals surface area contributed by atoms with Crippen molar-refractivity contribution in [2.45, 2.75) is 44.5 Å². The van der Waals surface area contributed by atoms with Gasteiger partial charge in [-0.2, -0.15) is 0 Å². The van der Waals surface area contributed by atoms with E-state index in [2.05, 4.69) is 4.98 Å². The minimum absolute atomic E-state index is 0.133. The largest absolute Gasteiger partial charge is 0.493 e. The van der Waals surface area contributed by atoms with E-state index in [1.165, 1.54) is 12.8 Å². The molecule has 34 heavy (non-hydrogen) atoms. The second-order valence-corrected chi connectivity index (χ2v) is 8.79. The molecule has 2 aromatic carbocycles. The van der Waals surface area contributed by atoms with Crippen molar-refractivity contribution >= 4 is 17.0 Å². The van der Waals surface area contributed by atoms with Crippen LogP contribution in [0.1, 0.15) is 43.0 Å². The summed E-state index contributed by atoms with van der Waals surface area (Å²) in [5.74, 6) is 1.45. The first-order chi connectivity index (χ1) is 16.7. The molecule has 1 amide bonds. The number of pyridine rings is 1. The van der Waals surface area contributed by atoms with Crippen LogP contribution in [-0.2, 0) is 16.1 Å². The summed E-state index contributed by atoms with van der Waals surface area (Å²) < 4.78 is 23.3. The minimum atomic E-state index is -0.362. The van der Waals surface area contributed by atoms with Gasteiger partial charge in [0.1, 0.15) is 12.7 Å². The molecular formula is C27H30N2O5. The number of para-hydroxylation sites is 1. The van der Waals surface area contributed by atoms with E-state index >= 15 is 0 Å². The second kappa shape index (κ2) is 10.3. The molecule has 1 atom stereocenters. The summed E-state index contributed by atoms with van der Waals surface area (Å²) >= 11 is 0. The van der Waals surface area contributed by atoms with Gasteiger partial charge in [0.05, 0.1) is 37.6 Å². The Kier molecular flexibility index (Phi) is 6.81. The first-order valence-corrected chi connectivity index (χ1v) is 11.9. The van der Waals surface area contributed by atoms with Crippen LogP contribution in [0.3, 0.4) is 0 Å². The molecule has 0 N–H and O–H groups in total. The average Bonchev–Trinajstić information content (AvgIpc) is 3.40. The number of carbonyl (C=O) groups excluding carboxylic acids is 1. The molecule has 1 aliphatic heterocycles. The fraction of sp³-hybridized carbons (Fsp3) is 0.407. The summed E-state index contributed by atoms with van der Waals surface area (Å²) in [4.78, 5) is 19.1. The summed E-state index contributed by atoms with van der Waals surface area (Å²) in [5.41, 5.74) is 2.57. The van der Waals surface area contributed by atoms with Crippen LogP contribution in [0.25, 0.3) is 10.9 Å². The lowest BCUT2D eigenvalue weighted by atomic mass is 10.1. The van der Waals surface area contributed by atoms with Gasteiger partial charge >= 0.3 is 6.09 Å². The normalized spacial score (nSPS) is 18.7. The Bertz CT molecular complexity index is 1140. The van der Waals surface area contributed by atoms with Crippen molar-refractivity contribution in [2.75, 3.05) is 26.8 Å². The van der Waals surface area contributed by atoms with Crippen molar-refractivity contribution in [1.29, 1.82) is 0 Å². The standard InChI is InChI=1S/C27H30N2O5/c1-31-24-13-11-20(16-25(24)34-22-7-3-4-8-22)26-17-29(14-15-32-26)27(30)33-18-21-12-10-19-6-2-5-9-23(19)28-21/h2,5-6,9-13,16,22,26H,3-4,7-8,14-15,17-18H2,1H3. The van der Waals surface area contributed by atoms with Crippen LogP contribution in [0.2, 0.25) is 0 Å². The van der Waals surface area contributed by atoms with Crippen molar-refractivity contribution in [3.63, 3.8) is 0 Å². The zero-order chi connectivity index (χ0) is 23.3. The Balaban J connectivity index is 1.22. The van der Waals surface area contributed by atoms with E-state index in [4.69, 9.17) is 18.9 Å². The van der Waals surface area contributed by atoms with E-state index in [-0.39, 0.29) is 24.9 Å². The molecule has 1 aliphatic carbocycles. The van der Waals surface area contributed by atoms with Gasteiger partial charge in [0, 0.05) is 11.9 Å². The van der Waals surface area contributed by atoms with Crippen LogP contribution >= 0.6 is 0 Å². The van der Waals surface area contributed by atoms with Crippen LogP contribution in [0, 0.1) is 0 Å². The molecule has 5 rings (SSSR count). The van der Waals surface area contributed by atoms with E-state index < -0.39 is 0 Å². The molecule has 7 heteroatoms. The molecule has 0 spiro atoms. The van der Waals surface area contributed by atoms with E-state index in [1.807, 2.05) is 54.6 Å². The number of methoxy groups -OCH3 is 1. The highest BCUT2D eigenvalue weighted by Crippen LogP contribution is 2.35. The highest BCUT2D eigenvalue weighted by molar-refractivity contribution is 5.78. The molecule has 1 saturated carbocycles. The lowest BCUT2D eigenvalue weighted by Gasteiger charge is -2.32. The monoisotopic (exact) mass is 462 g/mol. The number of ether oxygens (including phenoxy) is 4. The number of hydrogen-bond acceptors (Lipinski definition) is 6.